The summed E-state index contributed by atoms with van der Waals surface area (Å²) < 4.78 is 0. The third kappa shape index (κ3) is 4.41. The number of benzene rings is 3. The maximum absolute atomic E-state index is 3.56. The minimum absolute atomic E-state index is 0. The van der Waals surface area contributed by atoms with E-state index in [1.54, 1.807) is 5.56 Å². The highest BCUT2D eigenvalue weighted by Gasteiger charge is 2.33. The molecule has 5 rings (SSSR count). The van der Waals surface area contributed by atoms with E-state index in [9.17, 15) is 0 Å². The lowest BCUT2D eigenvalue weighted by Gasteiger charge is -2.42. The van der Waals surface area contributed by atoms with Crippen LogP contribution in [0, 0.1) is 5.92 Å². The normalized spacial score (nSPS) is 19.4. The monoisotopic (exact) mass is 430 g/mol. The van der Waals surface area contributed by atoms with E-state index in [0.29, 0.717) is 6.04 Å². The minimum Gasteiger partial charge on any atom is -0.314 e. The molecule has 3 aromatic rings. The largest absolute Gasteiger partial charge is 0.314 e. The van der Waals surface area contributed by atoms with Gasteiger partial charge in [-0.3, -0.25) is 4.90 Å². The van der Waals surface area contributed by atoms with Crippen molar-refractivity contribution in [2.75, 3.05) is 26.2 Å². The molecule has 0 bridgehead atoms. The van der Waals surface area contributed by atoms with Gasteiger partial charge in [-0.05, 0) is 51.9 Å². The molecule has 1 aliphatic heterocycles. The lowest BCUT2D eigenvalue weighted by molar-refractivity contribution is 0.105. The number of nitrogens with zero attached hydrogens (tertiary/aromatic N) is 1. The summed E-state index contributed by atoms with van der Waals surface area (Å²) in [5, 5.41) is 9.26. The maximum atomic E-state index is 3.56. The van der Waals surface area contributed by atoms with Gasteiger partial charge in [0.25, 0.3) is 0 Å². The van der Waals surface area contributed by atoms with E-state index in [4.69, 9.17) is 0 Å². The fourth-order valence-corrected chi connectivity index (χ4v) is 5.49. The van der Waals surface area contributed by atoms with Crippen LogP contribution in [0.25, 0.3) is 21.5 Å². The van der Waals surface area contributed by atoms with Gasteiger partial charge in [-0.2, -0.15) is 0 Å². The van der Waals surface area contributed by atoms with E-state index in [0.717, 1.165) is 19.0 Å². The summed E-state index contributed by atoms with van der Waals surface area (Å²) in [5.41, 5.74) is 1.59. The average Bonchev–Trinajstić information content (AvgIpc) is 2.75. The van der Waals surface area contributed by atoms with Gasteiger partial charge in [0.2, 0.25) is 0 Å². The summed E-state index contributed by atoms with van der Waals surface area (Å²) in [6.45, 7) is 4.56. The Labute approximate surface area is 186 Å². The highest BCUT2D eigenvalue weighted by molar-refractivity contribution is 6.02. The number of hydrogen-bond acceptors (Lipinski definition) is 2. The highest BCUT2D eigenvalue weighted by atomic mass is 35.5. The minimum atomic E-state index is 0. The predicted molar refractivity (Wildman–Crippen MR) is 130 cm³/mol. The molecule has 0 spiro atoms. The van der Waals surface area contributed by atoms with Gasteiger partial charge in [0.15, 0.2) is 0 Å². The summed E-state index contributed by atoms with van der Waals surface area (Å²) in [6.07, 6.45) is 6.98. The molecule has 1 heterocycles. The smallest absolute Gasteiger partial charge is 0.0389 e. The second-order valence-corrected chi connectivity index (χ2v) is 8.36. The van der Waals surface area contributed by atoms with E-state index < -0.39 is 0 Å². The van der Waals surface area contributed by atoms with Gasteiger partial charge in [0.1, 0.15) is 0 Å². The molecule has 1 aliphatic carbocycles. The number of nitrogens with one attached hydrogen (secondary N) is 1. The maximum Gasteiger partial charge on any atom is 0.0389 e. The van der Waals surface area contributed by atoms with Crippen molar-refractivity contribution in [2.24, 2.45) is 5.92 Å². The molecule has 29 heavy (non-hydrogen) atoms. The topological polar surface area (TPSA) is 15.3 Å². The second kappa shape index (κ2) is 10.1. The van der Waals surface area contributed by atoms with Gasteiger partial charge in [0.05, 0.1) is 0 Å². The van der Waals surface area contributed by atoms with Crippen molar-refractivity contribution in [3.8, 4) is 0 Å². The molecule has 2 fully saturated rings. The number of halogens is 2. The summed E-state index contributed by atoms with van der Waals surface area (Å²) in [5.74, 6) is 0.783. The Morgan fingerprint density at radius 2 is 1.31 bits per heavy atom. The van der Waals surface area contributed by atoms with Crippen molar-refractivity contribution in [3.05, 3.63) is 60.2 Å². The SMILES string of the molecule is Cl.Cl.c1ccc2c([C@H](C3CCCCC3)N3CCNCC3)c3ccccc3cc2c1. The molecule has 4 heteroatoms. The van der Waals surface area contributed by atoms with E-state index in [1.165, 1.54) is 66.7 Å². The van der Waals surface area contributed by atoms with Gasteiger partial charge >= 0.3 is 0 Å². The molecule has 156 valence electrons. The molecule has 0 unspecified atom stereocenters. The number of hydrogen-bond donors (Lipinski definition) is 1. The Morgan fingerprint density at radius 3 is 1.90 bits per heavy atom. The van der Waals surface area contributed by atoms with Crippen LogP contribution in [-0.4, -0.2) is 31.1 Å². The van der Waals surface area contributed by atoms with Crippen LogP contribution in [0.5, 0.6) is 0 Å². The third-order valence-corrected chi connectivity index (χ3v) is 6.75. The molecule has 2 aliphatic rings. The van der Waals surface area contributed by atoms with Crippen LogP contribution in [0.15, 0.2) is 54.6 Å². The summed E-state index contributed by atoms with van der Waals surface area (Å²) in [4.78, 5) is 2.79. The van der Waals surface area contributed by atoms with Crippen molar-refractivity contribution in [1.82, 2.24) is 10.2 Å². The van der Waals surface area contributed by atoms with Gasteiger partial charge in [-0.25, -0.2) is 0 Å². The molecule has 0 radical (unpaired) electrons. The molecule has 1 atom stereocenters. The van der Waals surface area contributed by atoms with Crippen LogP contribution < -0.4 is 5.32 Å². The molecular formula is C25H32Cl2N2. The molecular weight excluding hydrogens is 399 g/mol. The molecule has 3 aromatic carbocycles. The van der Waals surface area contributed by atoms with Gasteiger partial charge < -0.3 is 5.32 Å². The van der Waals surface area contributed by atoms with Crippen molar-refractivity contribution < 1.29 is 0 Å². The Bertz CT molecular complexity index is 858. The zero-order chi connectivity index (χ0) is 18.1. The first kappa shape index (κ1) is 22.4. The zero-order valence-electron chi connectivity index (χ0n) is 17.0. The molecule has 1 saturated heterocycles. The number of piperazine rings is 1. The Hall–Kier alpha value is -1.32. The van der Waals surface area contributed by atoms with E-state index in [2.05, 4.69) is 64.8 Å². The molecule has 1 N–H and O–H groups in total. The Morgan fingerprint density at radius 1 is 0.759 bits per heavy atom. The van der Waals surface area contributed by atoms with Gasteiger partial charge in [0, 0.05) is 32.2 Å². The first-order valence-electron chi connectivity index (χ1n) is 10.8. The summed E-state index contributed by atoms with van der Waals surface area (Å²) in [7, 11) is 0. The fraction of sp³-hybridized carbons (Fsp3) is 0.440. The lowest BCUT2D eigenvalue weighted by Crippen LogP contribution is -2.47. The first-order chi connectivity index (χ1) is 13.4. The summed E-state index contributed by atoms with van der Waals surface area (Å²) in [6, 6.07) is 21.0. The number of fused-ring (bicyclic) bond motifs is 2. The highest BCUT2D eigenvalue weighted by Crippen LogP contribution is 2.44. The first-order valence-corrected chi connectivity index (χ1v) is 10.8. The van der Waals surface area contributed by atoms with Crippen molar-refractivity contribution in [3.63, 3.8) is 0 Å². The quantitative estimate of drug-likeness (QED) is 0.485. The van der Waals surface area contributed by atoms with Crippen LogP contribution in [0.2, 0.25) is 0 Å². The molecule has 1 saturated carbocycles. The van der Waals surface area contributed by atoms with E-state index >= 15 is 0 Å². The van der Waals surface area contributed by atoms with Crippen LogP contribution in [0.3, 0.4) is 0 Å². The van der Waals surface area contributed by atoms with E-state index in [-0.39, 0.29) is 24.8 Å². The van der Waals surface area contributed by atoms with Gasteiger partial charge in [-0.15, -0.1) is 24.8 Å². The fourth-order valence-electron chi connectivity index (χ4n) is 5.49. The van der Waals surface area contributed by atoms with Crippen LogP contribution in [0.1, 0.15) is 43.7 Å². The number of rotatable bonds is 3. The summed E-state index contributed by atoms with van der Waals surface area (Å²) >= 11 is 0. The molecule has 0 amide bonds. The average molecular weight is 431 g/mol. The second-order valence-electron chi connectivity index (χ2n) is 8.36. The van der Waals surface area contributed by atoms with Gasteiger partial charge in [-0.1, -0.05) is 67.8 Å². The standard InChI is InChI=1S/C25H30N2.2ClH/c1-2-8-19(9-3-1)25(27-16-14-26-15-17-27)24-22-12-6-4-10-20(22)18-21-11-5-7-13-23(21)24;;/h4-7,10-13,18-19,25-26H,1-3,8-9,14-17H2;2*1H/t25-;;/m0../s1. The van der Waals surface area contributed by atoms with E-state index in [1.807, 2.05) is 0 Å². The zero-order valence-corrected chi connectivity index (χ0v) is 18.6. The van der Waals surface area contributed by atoms with Crippen LogP contribution >= 0.6 is 24.8 Å². The van der Waals surface area contributed by atoms with Crippen molar-refractivity contribution >= 4 is 46.4 Å². The lowest BCUT2D eigenvalue weighted by atomic mass is 9.77. The van der Waals surface area contributed by atoms with Crippen molar-refractivity contribution in [1.29, 1.82) is 0 Å². The Kier molecular flexibility index (Phi) is 7.81. The molecule has 2 nitrogen and oxygen atoms in total. The molecule has 0 aromatic heterocycles. The predicted octanol–water partition coefficient (Wildman–Crippen LogP) is 6.36. The van der Waals surface area contributed by atoms with Crippen LogP contribution in [0.4, 0.5) is 0 Å². The van der Waals surface area contributed by atoms with Crippen molar-refractivity contribution in [2.45, 2.75) is 38.1 Å². The third-order valence-electron chi connectivity index (χ3n) is 6.75. The Balaban J connectivity index is 0.00000120. The van der Waals surface area contributed by atoms with Crippen LogP contribution in [-0.2, 0) is 0 Å².